The minimum absolute atomic E-state index is 0.0802. The van der Waals surface area contributed by atoms with Crippen LogP contribution in [-0.4, -0.2) is 49.6 Å². The number of amides is 1. The maximum absolute atomic E-state index is 13.0. The number of nitrogens with zero attached hydrogens (tertiary/aromatic N) is 1. The lowest BCUT2D eigenvalue weighted by molar-refractivity contribution is -0.145. The summed E-state index contributed by atoms with van der Waals surface area (Å²) in [7, 11) is 1.65. The molecule has 1 unspecified atom stereocenters. The number of carbonyl (C=O) groups excluding carboxylic acids is 2. The van der Waals surface area contributed by atoms with E-state index < -0.39 is 0 Å². The lowest BCUT2D eigenvalue weighted by Crippen LogP contribution is -2.36. The Balaban J connectivity index is 1.15. The highest BCUT2D eigenvalue weighted by Gasteiger charge is 2.22. The van der Waals surface area contributed by atoms with Gasteiger partial charge in [-0.1, -0.05) is 56.9 Å². The SMILES string of the molecule is CCN(Cc1cc(C(=O)NCCCCCCOC(=O)C(C)c2ccc3cc(OC)ccc3c2)cc(Br)c1N)C1CCCCC1. The van der Waals surface area contributed by atoms with Gasteiger partial charge in [-0.2, -0.15) is 0 Å². The van der Waals surface area contributed by atoms with Crippen LogP contribution >= 0.6 is 15.9 Å². The number of anilines is 1. The number of halogens is 1. The van der Waals surface area contributed by atoms with Crippen molar-refractivity contribution in [3.63, 3.8) is 0 Å². The molecule has 3 aromatic carbocycles. The van der Waals surface area contributed by atoms with Crippen LogP contribution in [0.5, 0.6) is 5.75 Å². The fraction of sp³-hybridized carbons (Fsp3) is 0.500. The molecule has 0 radical (unpaired) electrons. The number of benzene rings is 3. The Bertz CT molecular complexity index is 1410. The lowest BCUT2D eigenvalue weighted by Gasteiger charge is -2.34. The summed E-state index contributed by atoms with van der Waals surface area (Å²) >= 11 is 3.57. The Morgan fingerprint density at radius 2 is 1.73 bits per heavy atom. The highest BCUT2D eigenvalue weighted by Crippen LogP contribution is 2.30. The summed E-state index contributed by atoms with van der Waals surface area (Å²) in [5.41, 5.74) is 9.70. The summed E-state index contributed by atoms with van der Waals surface area (Å²) in [4.78, 5) is 28.1. The van der Waals surface area contributed by atoms with Crippen LogP contribution in [0.15, 0.2) is 53.0 Å². The van der Waals surface area contributed by atoms with E-state index in [4.69, 9.17) is 15.2 Å². The highest BCUT2D eigenvalue weighted by atomic mass is 79.9. The molecular formula is C36H48BrN3O4. The van der Waals surface area contributed by atoms with Crippen molar-refractivity contribution in [3.05, 3.63) is 69.7 Å². The zero-order valence-electron chi connectivity index (χ0n) is 26.5. The van der Waals surface area contributed by atoms with Crippen LogP contribution in [0.1, 0.15) is 99.0 Å². The molecule has 0 bridgehead atoms. The van der Waals surface area contributed by atoms with E-state index in [-0.39, 0.29) is 17.8 Å². The number of nitrogen functional groups attached to an aromatic ring is 1. The average Bonchev–Trinajstić information content (AvgIpc) is 3.05. The molecule has 3 aromatic rings. The number of esters is 1. The number of hydrogen-bond acceptors (Lipinski definition) is 6. The molecule has 0 aromatic heterocycles. The van der Waals surface area contributed by atoms with E-state index in [1.165, 1.54) is 32.1 Å². The standard InChI is InChI=1S/C36H48BrN3O4/c1-4-40(31-12-8-7-9-13-31)24-30-21-29(23-33(37)34(30)38)35(41)39-18-10-5-6-11-19-44-36(42)25(2)26-14-15-28-22-32(43-3)17-16-27(28)20-26/h14-17,20-23,25,31H,4-13,18-19,24,38H2,1-3H3,(H,39,41). The molecule has 0 spiro atoms. The Hall–Kier alpha value is -3.10. The molecule has 0 heterocycles. The Morgan fingerprint density at radius 1 is 1.00 bits per heavy atom. The van der Waals surface area contributed by atoms with Crippen LogP contribution in [0.3, 0.4) is 0 Å². The monoisotopic (exact) mass is 665 g/mol. The number of nitrogens with one attached hydrogen (secondary N) is 1. The molecule has 4 rings (SSSR count). The van der Waals surface area contributed by atoms with E-state index in [0.29, 0.717) is 30.4 Å². The third-order valence-corrected chi connectivity index (χ3v) is 9.53. The summed E-state index contributed by atoms with van der Waals surface area (Å²) < 4.78 is 11.6. The molecule has 8 heteroatoms. The molecule has 0 saturated heterocycles. The van der Waals surface area contributed by atoms with Gasteiger partial charge in [0.15, 0.2) is 0 Å². The fourth-order valence-corrected chi connectivity index (χ4v) is 6.56. The number of rotatable bonds is 15. The van der Waals surface area contributed by atoms with Gasteiger partial charge in [0.2, 0.25) is 0 Å². The van der Waals surface area contributed by atoms with Crippen LogP contribution in [0, 0.1) is 0 Å². The minimum atomic E-state index is -0.331. The lowest BCUT2D eigenvalue weighted by atomic mass is 9.93. The molecular weight excluding hydrogens is 618 g/mol. The normalized spacial score (nSPS) is 14.5. The Kier molecular flexibility index (Phi) is 12.9. The molecule has 1 amide bonds. The van der Waals surface area contributed by atoms with Crippen LogP contribution in [0.4, 0.5) is 5.69 Å². The molecule has 3 N–H and O–H groups in total. The first-order valence-electron chi connectivity index (χ1n) is 16.1. The Morgan fingerprint density at radius 3 is 2.48 bits per heavy atom. The van der Waals surface area contributed by atoms with Crippen LogP contribution < -0.4 is 15.8 Å². The first kappa shape index (κ1) is 33.8. The van der Waals surface area contributed by atoms with Gasteiger partial charge in [0.05, 0.1) is 25.3 Å². The van der Waals surface area contributed by atoms with Crippen molar-refractivity contribution in [1.82, 2.24) is 10.2 Å². The van der Waals surface area contributed by atoms with Gasteiger partial charge in [0.25, 0.3) is 5.91 Å². The summed E-state index contributed by atoms with van der Waals surface area (Å²) in [5.74, 6) is 0.193. The van der Waals surface area contributed by atoms with Gasteiger partial charge in [0, 0.05) is 29.2 Å². The van der Waals surface area contributed by atoms with Crippen molar-refractivity contribution in [1.29, 1.82) is 0 Å². The van der Waals surface area contributed by atoms with Crippen molar-refractivity contribution in [3.8, 4) is 5.75 Å². The number of hydrogen-bond donors (Lipinski definition) is 2. The average molecular weight is 667 g/mol. The Labute approximate surface area is 271 Å². The topological polar surface area (TPSA) is 93.9 Å². The molecule has 44 heavy (non-hydrogen) atoms. The largest absolute Gasteiger partial charge is 0.497 e. The summed E-state index contributed by atoms with van der Waals surface area (Å²) in [6.07, 6.45) is 9.92. The number of nitrogens with two attached hydrogens (primary N) is 1. The van der Waals surface area contributed by atoms with Gasteiger partial charge < -0.3 is 20.5 Å². The number of carbonyl (C=O) groups is 2. The van der Waals surface area contributed by atoms with Crippen molar-refractivity contribution in [2.75, 3.05) is 32.5 Å². The van der Waals surface area contributed by atoms with Crippen LogP contribution in [0.25, 0.3) is 10.8 Å². The molecule has 238 valence electrons. The van der Waals surface area contributed by atoms with E-state index >= 15 is 0 Å². The third kappa shape index (κ3) is 9.21. The fourth-order valence-electron chi connectivity index (χ4n) is 6.06. The highest BCUT2D eigenvalue weighted by molar-refractivity contribution is 9.10. The van der Waals surface area contributed by atoms with E-state index in [1.807, 2.05) is 55.5 Å². The van der Waals surface area contributed by atoms with Gasteiger partial charge >= 0.3 is 5.97 Å². The third-order valence-electron chi connectivity index (χ3n) is 8.87. The van der Waals surface area contributed by atoms with E-state index in [2.05, 4.69) is 33.1 Å². The molecule has 0 aliphatic heterocycles. The summed E-state index contributed by atoms with van der Waals surface area (Å²) in [6, 6.07) is 16.3. The second-order valence-corrected chi connectivity index (χ2v) is 12.8. The van der Waals surface area contributed by atoms with Gasteiger partial charge in [0.1, 0.15) is 5.75 Å². The van der Waals surface area contributed by atoms with Gasteiger partial charge in [-0.3, -0.25) is 14.5 Å². The number of unbranched alkanes of at least 4 members (excludes halogenated alkanes) is 3. The minimum Gasteiger partial charge on any atom is -0.497 e. The second kappa shape index (κ2) is 16.8. The van der Waals surface area contributed by atoms with Crippen molar-refractivity contribution in [2.45, 2.75) is 90.1 Å². The smallest absolute Gasteiger partial charge is 0.313 e. The van der Waals surface area contributed by atoms with Gasteiger partial charge in [-0.15, -0.1) is 0 Å². The maximum Gasteiger partial charge on any atom is 0.313 e. The molecule has 1 saturated carbocycles. The molecule has 1 fully saturated rings. The summed E-state index contributed by atoms with van der Waals surface area (Å²) in [5, 5.41) is 5.20. The predicted molar refractivity (Wildman–Crippen MR) is 182 cm³/mol. The van der Waals surface area contributed by atoms with Crippen molar-refractivity contribution in [2.24, 2.45) is 0 Å². The quantitative estimate of drug-likeness (QED) is 0.0971. The van der Waals surface area contributed by atoms with E-state index in [0.717, 1.165) is 70.9 Å². The number of methoxy groups -OCH3 is 1. The number of fused-ring (bicyclic) bond motifs is 1. The first-order chi connectivity index (χ1) is 21.3. The predicted octanol–water partition coefficient (Wildman–Crippen LogP) is 7.98. The van der Waals surface area contributed by atoms with Crippen LogP contribution in [0.2, 0.25) is 0 Å². The molecule has 7 nitrogen and oxygen atoms in total. The van der Waals surface area contributed by atoms with Gasteiger partial charge in [-0.25, -0.2) is 0 Å². The van der Waals surface area contributed by atoms with E-state index in [1.54, 1.807) is 7.11 Å². The van der Waals surface area contributed by atoms with Gasteiger partial charge in [-0.05, 0) is 108 Å². The zero-order chi connectivity index (χ0) is 31.5. The second-order valence-electron chi connectivity index (χ2n) is 11.9. The zero-order valence-corrected chi connectivity index (χ0v) is 28.1. The van der Waals surface area contributed by atoms with Crippen molar-refractivity contribution < 1.29 is 19.1 Å². The van der Waals surface area contributed by atoms with Crippen LogP contribution in [-0.2, 0) is 16.1 Å². The van der Waals surface area contributed by atoms with Crippen molar-refractivity contribution >= 4 is 44.3 Å². The van der Waals surface area contributed by atoms with E-state index in [9.17, 15) is 9.59 Å². The first-order valence-corrected chi connectivity index (χ1v) is 16.9. The summed E-state index contributed by atoms with van der Waals surface area (Å²) in [6.45, 7) is 6.81. The molecule has 1 aliphatic carbocycles. The molecule has 1 atom stereocenters. The molecule has 1 aliphatic rings. The maximum atomic E-state index is 13.0. The number of ether oxygens (including phenoxy) is 2.